The second-order valence-electron chi connectivity index (χ2n) is 17.5. The maximum Gasteiger partial charge on any atom is 0.306 e. The molecular formula is C49H94O6. The van der Waals surface area contributed by atoms with E-state index < -0.39 is 6.10 Å². The Morgan fingerprint density at radius 1 is 0.382 bits per heavy atom. The van der Waals surface area contributed by atoms with Gasteiger partial charge in [-0.3, -0.25) is 14.4 Å². The van der Waals surface area contributed by atoms with Gasteiger partial charge in [-0.1, -0.05) is 227 Å². The molecule has 326 valence electrons. The van der Waals surface area contributed by atoms with Gasteiger partial charge >= 0.3 is 17.9 Å². The zero-order chi connectivity index (χ0) is 40.5. The molecule has 6 nitrogen and oxygen atoms in total. The average Bonchev–Trinajstić information content (AvgIpc) is 3.17. The lowest BCUT2D eigenvalue weighted by Crippen LogP contribution is -2.30. The van der Waals surface area contributed by atoms with Crippen molar-refractivity contribution in [3.8, 4) is 0 Å². The van der Waals surface area contributed by atoms with E-state index in [1.807, 2.05) is 0 Å². The molecule has 0 saturated carbocycles. The van der Waals surface area contributed by atoms with Crippen LogP contribution in [0.2, 0.25) is 0 Å². The maximum atomic E-state index is 12.7. The minimum Gasteiger partial charge on any atom is -0.462 e. The molecule has 0 bridgehead atoms. The molecule has 0 aromatic carbocycles. The van der Waals surface area contributed by atoms with E-state index in [0.717, 1.165) is 69.6 Å². The van der Waals surface area contributed by atoms with E-state index in [9.17, 15) is 14.4 Å². The van der Waals surface area contributed by atoms with Crippen molar-refractivity contribution in [3.05, 3.63) is 0 Å². The Morgan fingerprint density at radius 3 is 1.04 bits per heavy atom. The summed E-state index contributed by atoms with van der Waals surface area (Å²) in [5.41, 5.74) is 0. The molecule has 0 fully saturated rings. The summed E-state index contributed by atoms with van der Waals surface area (Å²) in [7, 11) is 0. The van der Waals surface area contributed by atoms with Crippen molar-refractivity contribution in [2.45, 2.75) is 272 Å². The quantitative estimate of drug-likeness (QED) is 0.0348. The van der Waals surface area contributed by atoms with Crippen LogP contribution >= 0.6 is 0 Å². The largest absolute Gasteiger partial charge is 0.462 e. The molecule has 0 aliphatic carbocycles. The predicted octanol–water partition coefficient (Wildman–Crippen LogP) is 15.4. The van der Waals surface area contributed by atoms with Crippen LogP contribution in [-0.2, 0) is 28.6 Å². The third kappa shape index (κ3) is 41.9. The van der Waals surface area contributed by atoms with Crippen LogP contribution < -0.4 is 0 Å². The molecule has 6 heteroatoms. The van der Waals surface area contributed by atoms with Crippen molar-refractivity contribution < 1.29 is 28.6 Å². The van der Waals surface area contributed by atoms with E-state index in [0.29, 0.717) is 19.3 Å². The fourth-order valence-electron chi connectivity index (χ4n) is 7.25. The Morgan fingerprint density at radius 2 is 0.691 bits per heavy atom. The van der Waals surface area contributed by atoms with Gasteiger partial charge in [0, 0.05) is 19.3 Å². The molecule has 0 amide bonds. The van der Waals surface area contributed by atoms with Crippen LogP contribution in [0.5, 0.6) is 0 Å². The first-order valence-electron chi connectivity index (χ1n) is 24.3. The van der Waals surface area contributed by atoms with Gasteiger partial charge in [0.15, 0.2) is 6.10 Å². The molecule has 55 heavy (non-hydrogen) atoms. The molecule has 1 unspecified atom stereocenters. The Kier molecular flexibility index (Phi) is 40.8. The molecule has 0 aliphatic heterocycles. The van der Waals surface area contributed by atoms with Crippen LogP contribution in [-0.4, -0.2) is 37.2 Å². The summed E-state index contributed by atoms with van der Waals surface area (Å²) in [6.45, 7) is 11.4. The molecule has 0 radical (unpaired) electrons. The third-order valence-corrected chi connectivity index (χ3v) is 11.3. The van der Waals surface area contributed by atoms with Crippen LogP contribution in [0.1, 0.15) is 266 Å². The number of rotatable bonds is 43. The molecule has 0 heterocycles. The summed E-state index contributed by atoms with van der Waals surface area (Å²) in [6, 6.07) is 0. The zero-order valence-corrected chi connectivity index (χ0v) is 37.6. The molecular weight excluding hydrogens is 685 g/mol. The lowest BCUT2D eigenvalue weighted by atomic mass is 9.99. The molecule has 0 aliphatic rings. The van der Waals surface area contributed by atoms with E-state index >= 15 is 0 Å². The molecule has 0 saturated heterocycles. The van der Waals surface area contributed by atoms with Gasteiger partial charge in [0.1, 0.15) is 13.2 Å². The van der Waals surface area contributed by atoms with Crippen LogP contribution in [0.15, 0.2) is 0 Å². The fourth-order valence-corrected chi connectivity index (χ4v) is 7.25. The summed E-state index contributed by atoms with van der Waals surface area (Å²) in [5.74, 6) is 0.821. The molecule has 0 aromatic heterocycles. The first-order valence-corrected chi connectivity index (χ1v) is 24.3. The lowest BCUT2D eigenvalue weighted by Gasteiger charge is -2.18. The summed E-state index contributed by atoms with van der Waals surface area (Å²) in [5, 5.41) is 0. The van der Waals surface area contributed by atoms with Gasteiger partial charge in [0.05, 0.1) is 0 Å². The highest BCUT2D eigenvalue weighted by Gasteiger charge is 2.19. The molecule has 2 atom stereocenters. The third-order valence-electron chi connectivity index (χ3n) is 11.3. The van der Waals surface area contributed by atoms with Gasteiger partial charge in [0.25, 0.3) is 0 Å². The molecule has 0 aromatic rings. The summed E-state index contributed by atoms with van der Waals surface area (Å²) in [6.07, 6.45) is 40.8. The number of unbranched alkanes of at least 4 members (excludes halogenated alkanes) is 27. The first-order chi connectivity index (χ1) is 26.8. The molecule has 0 spiro atoms. The number of hydrogen-bond donors (Lipinski definition) is 0. The predicted molar refractivity (Wildman–Crippen MR) is 233 cm³/mol. The number of carbonyl (C=O) groups is 3. The number of hydrogen-bond acceptors (Lipinski definition) is 6. The lowest BCUT2D eigenvalue weighted by molar-refractivity contribution is -0.167. The van der Waals surface area contributed by atoms with Gasteiger partial charge in [-0.2, -0.15) is 0 Å². The Bertz CT molecular complexity index is 841. The van der Waals surface area contributed by atoms with E-state index in [1.165, 1.54) is 154 Å². The topological polar surface area (TPSA) is 78.9 Å². The minimum absolute atomic E-state index is 0.0646. The van der Waals surface area contributed by atoms with E-state index in [1.54, 1.807) is 0 Å². The van der Waals surface area contributed by atoms with Crippen molar-refractivity contribution in [1.29, 1.82) is 0 Å². The van der Waals surface area contributed by atoms with E-state index in [-0.39, 0.29) is 31.1 Å². The van der Waals surface area contributed by atoms with Gasteiger partial charge < -0.3 is 14.2 Å². The van der Waals surface area contributed by atoms with Crippen LogP contribution in [0, 0.1) is 11.8 Å². The van der Waals surface area contributed by atoms with Gasteiger partial charge in [0.2, 0.25) is 0 Å². The second-order valence-corrected chi connectivity index (χ2v) is 17.5. The highest BCUT2D eigenvalue weighted by Crippen LogP contribution is 2.17. The molecule has 0 rings (SSSR count). The normalized spacial score (nSPS) is 12.5. The van der Waals surface area contributed by atoms with Crippen LogP contribution in [0.25, 0.3) is 0 Å². The van der Waals surface area contributed by atoms with Crippen molar-refractivity contribution in [2.24, 2.45) is 11.8 Å². The Balaban J connectivity index is 4.33. The van der Waals surface area contributed by atoms with Crippen molar-refractivity contribution in [1.82, 2.24) is 0 Å². The highest BCUT2D eigenvalue weighted by molar-refractivity contribution is 5.71. The number of esters is 3. The van der Waals surface area contributed by atoms with Gasteiger partial charge in [-0.15, -0.1) is 0 Å². The monoisotopic (exact) mass is 779 g/mol. The van der Waals surface area contributed by atoms with Gasteiger partial charge in [-0.05, 0) is 31.1 Å². The van der Waals surface area contributed by atoms with E-state index in [2.05, 4.69) is 34.6 Å². The Labute approximate surface area is 342 Å². The summed E-state index contributed by atoms with van der Waals surface area (Å²) in [4.78, 5) is 37.8. The fraction of sp³-hybridized carbons (Fsp3) is 0.939. The second kappa shape index (κ2) is 42.0. The van der Waals surface area contributed by atoms with Crippen LogP contribution in [0.4, 0.5) is 0 Å². The number of carbonyl (C=O) groups excluding carboxylic acids is 3. The first kappa shape index (κ1) is 53.4. The van der Waals surface area contributed by atoms with Crippen molar-refractivity contribution in [2.75, 3.05) is 13.2 Å². The van der Waals surface area contributed by atoms with Crippen LogP contribution in [0.3, 0.4) is 0 Å². The number of ether oxygens (including phenoxy) is 3. The SMILES string of the molecule is CCCCCCCCCCCCCC(=O)OC[C@H](COC(=O)CCCCCCCCCCCCC(C)CC)OC(=O)CCCCCCCCCCCC(C)C. The van der Waals surface area contributed by atoms with Gasteiger partial charge in [-0.25, -0.2) is 0 Å². The Hall–Kier alpha value is -1.59. The minimum atomic E-state index is -0.761. The summed E-state index contributed by atoms with van der Waals surface area (Å²) < 4.78 is 16.8. The van der Waals surface area contributed by atoms with Crippen molar-refractivity contribution in [3.63, 3.8) is 0 Å². The standard InChI is InChI=1S/C49H94O6/c1-6-8-9-10-11-12-13-19-24-29-34-39-47(50)53-42-46(55-49(52)41-36-31-26-21-16-17-22-27-32-37-44(3)4)43-54-48(51)40-35-30-25-20-15-14-18-23-28-33-38-45(5)7-2/h44-46H,6-43H2,1-5H3/t45?,46-/m1/s1. The van der Waals surface area contributed by atoms with E-state index in [4.69, 9.17) is 14.2 Å². The smallest absolute Gasteiger partial charge is 0.306 e. The zero-order valence-electron chi connectivity index (χ0n) is 37.6. The molecule has 0 N–H and O–H groups in total. The average molecular weight is 779 g/mol. The summed E-state index contributed by atoms with van der Waals surface area (Å²) >= 11 is 0. The highest BCUT2D eigenvalue weighted by atomic mass is 16.6. The van der Waals surface area contributed by atoms with Crippen molar-refractivity contribution >= 4 is 17.9 Å². The maximum absolute atomic E-state index is 12.7.